The second kappa shape index (κ2) is 4.45. The molecule has 3 aromatic rings. The number of H-pyrrole nitrogens is 1. The van der Waals surface area contributed by atoms with Gasteiger partial charge >= 0.3 is 0 Å². The number of aryl methyl sites for hydroxylation is 2. The first-order valence-corrected chi connectivity index (χ1v) is 6.26. The van der Waals surface area contributed by atoms with Crippen LogP contribution >= 0.6 is 0 Å². The highest BCUT2D eigenvalue weighted by Gasteiger charge is 2.16. The molecule has 0 aliphatic rings. The Morgan fingerprint density at radius 3 is 2.70 bits per heavy atom. The molecule has 0 aliphatic carbocycles. The molecule has 0 saturated carbocycles. The smallest absolute Gasteiger partial charge is 0.293 e. The molecule has 0 aliphatic heterocycles. The molecule has 1 aromatic carbocycles. The van der Waals surface area contributed by atoms with Gasteiger partial charge in [-0.3, -0.25) is 15.1 Å². The number of aromatic amines is 1. The van der Waals surface area contributed by atoms with E-state index in [9.17, 15) is 10.1 Å². The average molecular weight is 267 g/mol. The zero-order valence-corrected chi connectivity index (χ0v) is 11.2. The summed E-state index contributed by atoms with van der Waals surface area (Å²) in [6.45, 7) is 3.77. The lowest BCUT2D eigenvalue weighted by Gasteiger charge is -1.98. The fourth-order valence-electron chi connectivity index (χ4n) is 2.35. The second-order valence-corrected chi connectivity index (χ2v) is 4.85. The highest BCUT2D eigenvalue weighted by molar-refractivity contribution is 5.92. The van der Waals surface area contributed by atoms with E-state index in [-0.39, 0.29) is 10.6 Å². The van der Waals surface area contributed by atoms with Gasteiger partial charge in [-0.25, -0.2) is 0 Å². The van der Waals surface area contributed by atoms with Gasteiger partial charge in [-0.2, -0.15) is 0 Å². The van der Waals surface area contributed by atoms with Gasteiger partial charge in [0.25, 0.3) is 5.69 Å². The molecule has 0 saturated heterocycles. The van der Waals surface area contributed by atoms with Crippen molar-refractivity contribution in [3.05, 3.63) is 57.8 Å². The lowest BCUT2D eigenvalue weighted by atomic mass is 10.1. The molecule has 5 nitrogen and oxygen atoms in total. The molecule has 3 rings (SSSR count). The highest BCUT2D eigenvalue weighted by Crippen LogP contribution is 2.30. The molecule has 0 atom stereocenters. The van der Waals surface area contributed by atoms with Crippen LogP contribution in [0, 0.1) is 24.0 Å². The van der Waals surface area contributed by atoms with Gasteiger partial charge in [0, 0.05) is 17.1 Å². The van der Waals surface area contributed by atoms with Gasteiger partial charge in [0.1, 0.15) is 5.52 Å². The van der Waals surface area contributed by atoms with Crippen LogP contribution in [-0.2, 0) is 0 Å². The fourth-order valence-corrected chi connectivity index (χ4v) is 2.35. The Bertz CT molecular complexity index is 821. The summed E-state index contributed by atoms with van der Waals surface area (Å²) in [4.78, 5) is 18.3. The summed E-state index contributed by atoms with van der Waals surface area (Å²) in [5.41, 5.74) is 3.99. The van der Waals surface area contributed by atoms with Crippen LogP contribution < -0.4 is 0 Å². The topological polar surface area (TPSA) is 71.8 Å². The highest BCUT2D eigenvalue weighted by atomic mass is 16.6. The van der Waals surface area contributed by atoms with Gasteiger partial charge in [0.2, 0.25) is 0 Å². The summed E-state index contributed by atoms with van der Waals surface area (Å²) in [5.74, 6) is 0. The summed E-state index contributed by atoms with van der Waals surface area (Å²) < 4.78 is 0. The molecule has 0 fully saturated rings. The van der Waals surface area contributed by atoms with E-state index < -0.39 is 0 Å². The van der Waals surface area contributed by atoms with Crippen molar-refractivity contribution >= 4 is 16.6 Å². The van der Waals surface area contributed by atoms with Crippen molar-refractivity contribution in [1.29, 1.82) is 0 Å². The third kappa shape index (κ3) is 2.03. The van der Waals surface area contributed by atoms with Crippen LogP contribution in [0.4, 0.5) is 5.69 Å². The van der Waals surface area contributed by atoms with Crippen LogP contribution in [0.5, 0.6) is 0 Å². The van der Waals surface area contributed by atoms with Crippen molar-refractivity contribution in [2.45, 2.75) is 13.8 Å². The maximum Gasteiger partial charge on any atom is 0.293 e. The van der Waals surface area contributed by atoms with Crippen molar-refractivity contribution in [3.8, 4) is 11.4 Å². The van der Waals surface area contributed by atoms with Crippen molar-refractivity contribution in [1.82, 2.24) is 9.97 Å². The number of fused-ring (bicyclic) bond motifs is 1. The number of rotatable bonds is 2. The lowest BCUT2D eigenvalue weighted by molar-refractivity contribution is -0.383. The normalized spacial score (nSPS) is 10.9. The Morgan fingerprint density at radius 1 is 1.20 bits per heavy atom. The van der Waals surface area contributed by atoms with Gasteiger partial charge in [0.15, 0.2) is 0 Å². The summed E-state index contributed by atoms with van der Waals surface area (Å²) in [5, 5.41) is 12.0. The van der Waals surface area contributed by atoms with Crippen LogP contribution in [0.25, 0.3) is 22.3 Å². The van der Waals surface area contributed by atoms with Gasteiger partial charge in [0.05, 0.1) is 16.3 Å². The molecule has 2 heterocycles. The number of nitrogens with zero attached hydrogens (tertiary/aromatic N) is 2. The summed E-state index contributed by atoms with van der Waals surface area (Å²) in [6, 6.07) is 11.1. The minimum Gasteiger partial charge on any atom is -0.348 e. The lowest BCUT2D eigenvalue weighted by Crippen LogP contribution is -1.90. The second-order valence-electron chi connectivity index (χ2n) is 4.85. The standard InChI is InChI=1S/C15H13N3O2/c1-9-6-11-8-13(12-5-3-4-10(2)16-12)17-15(11)14(7-9)18(19)20/h3-8,17H,1-2H3. The van der Waals surface area contributed by atoms with Crippen molar-refractivity contribution in [2.75, 3.05) is 0 Å². The zero-order chi connectivity index (χ0) is 14.3. The van der Waals surface area contributed by atoms with E-state index in [1.165, 1.54) is 0 Å². The maximum atomic E-state index is 11.1. The molecule has 2 aromatic heterocycles. The molecule has 100 valence electrons. The largest absolute Gasteiger partial charge is 0.348 e. The maximum absolute atomic E-state index is 11.1. The van der Waals surface area contributed by atoms with E-state index in [4.69, 9.17) is 0 Å². The Labute approximate surface area is 115 Å². The molecule has 0 unspecified atom stereocenters. The van der Waals surface area contributed by atoms with Crippen LogP contribution in [0.2, 0.25) is 0 Å². The van der Waals surface area contributed by atoms with Gasteiger partial charge in [-0.1, -0.05) is 6.07 Å². The number of hydrogen-bond acceptors (Lipinski definition) is 3. The molecule has 5 heteroatoms. The molecular weight excluding hydrogens is 254 g/mol. The quantitative estimate of drug-likeness (QED) is 0.567. The number of nitro groups is 1. The Kier molecular flexibility index (Phi) is 2.75. The summed E-state index contributed by atoms with van der Waals surface area (Å²) in [7, 11) is 0. The summed E-state index contributed by atoms with van der Waals surface area (Å²) >= 11 is 0. The molecule has 0 radical (unpaired) electrons. The number of pyridine rings is 1. The van der Waals surface area contributed by atoms with E-state index >= 15 is 0 Å². The van der Waals surface area contributed by atoms with E-state index in [1.54, 1.807) is 6.07 Å². The molecule has 20 heavy (non-hydrogen) atoms. The average Bonchev–Trinajstić information content (AvgIpc) is 2.81. The zero-order valence-electron chi connectivity index (χ0n) is 11.2. The number of aromatic nitrogens is 2. The van der Waals surface area contributed by atoms with Gasteiger partial charge < -0.3 is 4.98 Å². The third-order valence-corrected chi connectivity index (χ3v) is 3.21. The van der Waals surface area contributed by atoms with Crippen molar-refractivity contribution in [2.24, 2.45) is 0 Å². The van der Waals surface area contributed by atoms with Crippen molar-refractivity contribution < 1.29 is 4.92 Å². The van der Waals surface area contributed by atoms with Crippen LogP contribution in [-0.4, -0.2) is 14.9 Å². The van der Waals surface area contributed by atoms with Gasteiger partial charge in [-0.05, 0) is 43.7 Å². The number of nitro benzene ring substituents is 1. The van der Waals surface area contributed by atoms with E-state index in [1.807, 2.05) is 44.2 Å². The summed E-state index contributed by atoms with van der Waals surface area (Å²) in [6.07, 6.45) is 0. The molecule has 0 amide bonds. The fraction of sp³-hybridized carbons (Fsp3) is 0.133. The Hall–Kier alpha value is -2.69. The minimum atomic E-state index is -0.362. The number of hydrogen-bond donors (Lipinski definition) is 1. The third-order valence-electron chi connectivity index (χ3n) is 3.21. The predicted octanol–water partition coefficient (Wildman–Crippen LogP) is 3.75. The number of benzene rings is 1. The van der Waals surface area contributed by atoms with E-state index in [0.29, 0.717) is 5.52 Å². The molecule has 1 N–H and O–H groups in total. The van der Waals surface area contributed by atoms with Gasteiger partial charge in [-0.15, -0.1) is 0 Å². The van der Waals surface area contributed by atoms with Crippen LogP contribution in [0.3, 0.4) is 0 Å². The van der Waals surface area contributed by atoms with E-state index in [0.717, 1.165) is 28.0 Å². The first kappa shape index (κ1) is 12.3. The first-order chi connectivity index (χ1) is 9.54. The van der Waals surface area contributed by atoms with E-state index in [2.05, 4.69) is 9.97 Å². The Balaban J connectivity index is 2.25. The van der Waals surface area contributed by atoms with Crippen LogP contribution in [0.1, 0.15) is 11.3 Å². The first-order valence-electron chi connectivity index (χ1n) is 6.26. The SMILES string of the molecule is Cc1cc([N+](=O)[O-])c2[nH]c(-c3cccc(C)n3)cc2c1. The minimum absolute atomic E-state index is 0.0962. The monoisotopic (exact) mass is 267 g/mol. The van der Waals surface area contributed by atoms with Crippen molar-refractivity contribution in [3.63, 3.8) is 0 Å². The molecule has 0 bridgehead atoms. The number of nitrogens with one attached hydrogen (secondary N) is 1. The molecule has 0 spiro atoms. The number of non-ortho nitro benzene ring substituents is 1. The van der Waals surface area contributed by atoms with Crippen LogP contribution in [0.15, 0.2) is 36.4 Å². The Morgan fingerprint density at radius 2 is 2.00 bits per heavy atom. The predicted molar refractivity (Wildman–Crippen MR) is 77.7 cm³/mol. The molecular formula is C15H13N3O2.